The standard InChI is InChI=1S/C13H20F3NS/c1-3-4-5-6-12-10(2)11(8-18-12)7-17-9-13(14,15)16/h8,17H,3-7,9H2,1-2H3. The average molecular weight is 279 g/mol. The van der Waals surface area contributed by atoms with Crippen LogP contribution in [0.3, 0.4) is 0 Å². The summed E-state index contributed by atoms with van der Waals surface area (Å²) in [5.41, 5.74) is 2.15. The van der Waals surface area contributed by atoms with E-state index in [0.29, 0.717) is 6.54 Å². The van der Waals surface area contributed by atoms with Crippen molar-refractivity contribution in [3.8, 4) is 0 Å². The van der Waals surface area contributed by atoms with Gasteiger partial charge in [-0.25, -0.2) is 0 Å². The van der Waals surface area contributed by atoms with Crippen LogP contribution in [-0.4, -0.2) is 12.7 Å². The molecule has 0 spiro atoms. The lowest BCUT2D eigenvalue weighted by atomic mass is 10.1. The molecule has 0 saturated carbocycles. The minimum atomic E-state index is -4.13. The van der Waals surface area contributed by atoms with Crippen LogP contribution >= 0.6 is 11.3 Å². The van der Waals surface area contributed by atoms with E-state index < -0.39 is 12.7 Å². The molecule has 0 unspecified atom stereocenters. The number of aryl methyl sites for hydroxylation is 1. The Kier molecular flexibility index (Phi) is 6.15. The van der Waals surface area contributed by atoms with Gasteiger partial charge in [0.1, 0.15) is 0 Å². The quantitative estimate of drug-likeness (QED) is 0.727. The number of thiophene rings is 1. The van der Waals surface area contributed by atoms with Gasteiger partial charge in [0.05, 0.1) is 6.54 Å². The first-order valence-electron chi connectivity index (χ1n) is 6.27. The number of hydrogen-bond acceptors (Lipinski definition) is 2. The number of nitrogens with one attached hydrogen (secondary N) is 1. The van der Waals surface area contributed by atoms with E-state index in [1.54, 1.807) is 11.3 Å². The van der Waals surface area contributed by atoms with Gasteiger partial charge in [-0.3, -0.25) is 0 Å². The Morgan fingerprint density at radius 2 is 2.00 bits per heavy atom. The van der Waals surface area contributed by atoms with Crippen LogP contribution in [-0.2, 0) is 13.0 Å². The van der Waals surface area contributed by atoms with E-state index >= 15 is 0 Å². The highest BCUT2D eigenvalue weighted by molar-refractivity contribution is 7.10. The lowest BCUT2D eigenvalue weighted by Crippen LogP contribution is -2.28. The summed E-state index contributed by atoms with van der Waals surface area (Å²) in [6.07, 6.45) is 0.466. The smallest absolute Gasteiger partial charge is 0.305 e. The zero-order valence-corrected chi connectivity index (χ0v) is 11.7. The molecule has 0 aliphatic heterocycles. The first kappa shape index (κ1) is 15.5. The molecule has 0 fully saturated rings. The van der Waals surface area contributed by atoms with Gasteiger partial charge in [-0.2, -0.15) is 13.2 Å². The summed E-state index contributed by atoms with van der Waals surface area (Å²) in [6.45, 7) is 3.54. The predicted molar refractivity (Wildman–Crippen MR) is 70.0 cm³/mol. The Morgan fingerprint density at radius 1 is 1.28 bits per heavy atom. The van der Waals surface area contributed by atoms with E-state index in [9.17, 15) is 13.2 Å². The third-order valence-corrected chi connectivity index (χ3v) is 4.09. The van der Waals surface area contributed by atoms with Gasteiger partial charge in [-0.05, 0) is 36.3 Å². The Bertz CT molecular complexity index is 358. The second kappa shape index (κ2) is 7.14. The topological polar surface area (TPSA) is 12.0 Å². The molecular formula is C13H20F3NS. The molecule has 1 N–H and O–H groups in total. The molecule has 0 radical (unpaired) electrons. The largest absolute Gasteiger partial charge is 0.401 e. The minimum absolute atomic E-state index is 0.301. The Balaban J connectivity index is 2.43. The van der Waals surface area contributed by atoms with Crippen molar-refractivity contribution in [1.82, 2.24) is 5.32 Å². The Labute approximate surface area is 110 Å². The van der Waals surface area contributed by atoms with E-state index in [4.69, 9.17) is 0 Å². The molecule has 0 saturated heterocycles. The highest BCUT2D eigenvalue weighted by Gasteiger charge is 2.26. The van der Waals surface area contributed by atoms with Crippen LogP contribution < -0.4 is 5.32 Å². The molecular weight excluding hydrogens is 259 g/mol. The third-order valence-electron chi connectivity index (χ3n) is 2.89. The summed E-state index contributed by atoms with van der Waals surface area (Å²) in [5, 5.41) is 4.42. The maximum absolute atomic E-state index is 12.0. The zero-order valence-electron chi connectivity index (χ0n) is 10.9. The monoisotopic (exact) mass is 279 g/mol. The normalized spacial score (nSPS) is 12.1. The second-order valence-electron chi connectivity index (χ2n) is 4.48. The van der Waals surface area contributed by atoms with E-state index in [1.165, 1.54) is 17.7 Å². The van der Waals surface area contributed by atoms with Crippen LogP contribution in [0.2, 0.25) is 0 Å². The molecule has 0 amide bonds. The molecule has 1 nitrogen and oxygen atoms in total. The lowest BCUT2D eigenvalue weighted by Gasteiger charge is -2.08. The van der Waals surface area contributed by atoms with Gasteiger partial charge < -0.3 is 5.32 Å². The molecule has 18 heavy (non-hydrogen) atoms. The maximum atomic E-state index is 12.0. The fourth-order valence-corrected chi connectivity index (χ4v) is 2.91. The first-order chi connectivity index (χ1) is 8.44. The van der Waals surface area contributed by atoms with Gasteiger partial charge >= 0.3 is 6.18 Å². The maximum Gasteiger partial charge on any atom is 0.401 e. The zero-order chi connectivity index (χ0) is 13.6. The van der Waals surface area contributed by atoms with Crippen molar-refractivity contribution < 1.29 is 13.2 Å². The number of unbranched alkanes of at least 4 members (excludes halogenated alkanes) is 2. The van der Waals surface area contributed by atoms with Gasteiger partial charge in [-0.15, -0.1) is 11.3 Å². The summed E-state index contributed by atoms with van der Waals surface area (Å²) in [7, 11) is 0. The summed E-state index contributed by atoms with van der Waals surface area (Å²) in [4.78, 5) is 1.31. The average Bonchev–Trinajstić information content (AvgIpc) is 2.60. The van der Waals surface area contributed by atoms with Crippen LogP contribution in [0, 0.1) is 6.92 Å². The molecule has 0 aliphatic rings. The van der Waals surface area contributed by atoms with Crippen molar-refractivity contribution in [1.29, 1.82) is 0 Å². The molecule has 0 aromatic carbocycles. The van der Waals surface area contributed by atoms with Crippen LogP contribution in [0.1, 0.15) is 42.2 Å². The molecule has 0 bridgehead atoms. The minimum Gasteiger partial charge on any atom is -0.305 e. The number of halogens is 3. The van der Waals surface area contributed by atoms with Crippen LogP contribution in [0.15, 0.2) is 5.38 Å². The number of alkyl halides is 3. The van der Waals surface area contributed by atoms with Gasteiger partial charge in [-0.1, -0.05) is 19.8 Å². The van der Waals surface area contributed by atoms with Gasteiger partial charge in [0.2, 0.25) is 0 Å². The second-order valence-corrected chi connectivity index (χ2v) is 5.45. The summed E-state index contributed by atoms with van der Waals surface area (Å²) in [5.74, 6) is 0. The highest BCUT2D eigenvalue weighted by atomic mass is 32.1. The molecule has 1 rings (SSSR count). The molecule has 104 valence electrons. The van der Waals surface area contributed by atoms with Crippen LogP contribution in [0.4, 0.5) is 13.2 Å². The SMILES string of the molecule is CCCCCc1scc(CNCC(F)(F)F)c1C. The highest BCUT2D eigenvalue weighted by Crippen LogP contribution is 2.24. The van der Waals surface area contributed by atoms with Crippen LogP contribution in [0.25, 0.3) is 0 Å². The van der Waals surface area contributed by atoms with Crippen molar-refractivity contribution in [3.05, 3.63) is 21.4 Å². The van der Waals surface area contributed by atoms with Gasteiger partial charge in [0, 0.05) is 11.4 Å². The molecule has 1 aromatic heterocycles. The van der Waals surface area contributed by atoms with Crippen molar-refractivity contribution in [2.75, 3.05) is 6.54 Å². The molecule has 1 aromatic rings. The molecule has 0 atom stereocenters. The third kappa shape index (κ3) is 5.40. The first-order valence-corrected chi connectivity index (χ1v) is 7.15. The van der Waals surface area contributed by atoms with Crippen molar-refractivity contribution in [3.63, 3.8) is 0 Å². The van der Waals surface area contributed by atoms with Crippen molar-refractivity contribution in [2.45, 2.75) is 52.3 Å². The lowest BCUT2D eigenvalue weighted by molar-refractivity contribution is -0.125. The summed E-state index contributed by atoms with van der Waals surface area (Å²) in [6, 6.07) is 0. The predicted octanol–water partition coefficient (Wildman–Crippen LogP) is 4.44. The van der Waals surface area contributed by atoms with Gasteiger partial charge in [0.25, 0.3) is 0 Å². The van der Waals surface area contributed by atoms with Crippen molar-refractivity contribution >= 4 is 11.3 Å². The summed E-state index contributed by atoms with van der Waals surface area (Å²) < 4.78 is 36.0. The molecule has 5 heteroatoms. The van der Waals surface area contributed by atoms with E-state index in [0.717, 1.165) is 24.0 Å². The molecule has 0 aliphatic carbocycles. The molecule has 1 heterocycles. The fourth-order valence-electron chi connectivity index (χ4n) is 1.79. The van der Waals surface area contributed by atoms with E-state index in [-0.39, 0.29) is 0 Å². The number of rotatable bonds is 7. The Hall–Kier alpha value is -0.550. The summed E-state index contributed by atoms with van der Waals surface area (Å²) >= 11 is 1.66. The van der Waals surface area contributed by atoms with Crippen LogP contribution in [0.5, 0.6) is 0 Å². The van der Waals surface area contributed by atoms with E-state index in [2.05, 4.69) is 12.2 Å². The van der Waals surface area contributed by atoms with Crippen molar-refractivity contribution in [2.24, 2.45) is 0 Å². The van der Waals surface area contributed by atoms with Gasteiger partial charge in [0.15, 0.2) is 0 Å². The Morgan fingerprint density at radius 3 is 2.61 bits per heavy atom. The number of hydrogen-bond donors (Lipinski definition) is 1. The fraction of sp³-hybridized carbons (Fsp3) is 0.692. The van der Waals surface area contributed by atoms with E-state index in [1.807, 2.05) is 12.3 Å².